The molecule has 3 rings (SSSR count). The van der Waals surface area contributed by atoms with Crippen LogP contribution in [0.2, 0.25) is 0 Å². The third-order valence-corrected chi connectivity index (χ3v) is 5.39. The smallest absolute Gasteiger partial charge is 0.256 e. The Morgan fingerprint density at radius 1 is 1.14 bits per heavy atom. The van der Waals surface area contributed by atoms with E-state index < -0.39 is 0 Å². The molecule has 6 heteroatoms. The fraction of sp³-hybridized carbons (Fsp3) is 0.0667. The molecule has 0 unspecified atom stereocenters. The second-order valence-electron chi connectivity index (χ2n) is 4.32. The average Bonchev–Trinajstić information content (AvgIpc) is 3.04. The molecule has 0 radical (unpaired) electrons. The number of nitrogens with one attached hydrogen (secondary N) is 1. The molecule has 1 aliphatic rings. The first-order valence-electron chi connectivity index (χ1n) is 6.25. The standard InChI is InChI=1S/C15H12N2O2S2/c18-12-2-1-7-16-13(12)17-14(19)10-3-5-11(6-4-10)15-20-8-9-21-15/h1-9,15,18H,(H,16,17,19). The molecule has 0 bridgehead atoms. The number of pyridine rings is 1. The number of hydrogen-bond acceptors (Lipinski definition) is 5. The minimum atomic E-state index is -0.291. The number of amides is 1. The summed E-state index contributed by atoms with van der Waals surface area (Å²) in [6.07, 6.45) is 1.51. The molecule has 1 amide bonds. The maximum absolute atomic E-state index is 12.1. The molecule has 0 aliphatic carbocycles. The minimum Gasteiger partial charge on any atom is -0.504 e. The number of benzene rings is 1. The van der Waals surface area contributed by atoms with Crippen molar-refractivity contribution < 1.29 is 9.90 Å². The molecule has 0 spiro atoms. The van der Waals surface area contributed by atoms with E-state index >= 15 is 0 Å². The molecule has 2 N–H and O–H groups in total. The molecule has 1 aromatic heterocycles. The van der Waals surface area contributed by atoms with Crippen LogP contribution in [0.15, 0.2) is 53.4 Å². The number of carbonyl (C=O) groups excluding carboxylic acids is 1. The molecule has 4 nitrogen and oxygen atoms in total. The summed E-state index contributed by atoms with van der Waals surface area (Å²) >= 11 is 3.51. The summed E-state index contributed by atoms with van der Waals surface area (Å²) in [5, 5.41) is 16.3. The zero-order chi connectivity index (χ0) is 14.7. The summed E-state index contributed by atoms with van der Waals surface area (Å²) in [6, 6.07) is 10.5. The van der Waals surface area contributed by atoms with Crippen molar-refractivity contribution in [3.05, 3.63) is 64.5 Å². The zero-order valence-electron chi connectivity index (χ0n) is 10.9. The van der Waals surface area contributed by atoms with Crippen LogP contribution < -0.4 is 5.32 Å². The van der Waals surface area contributed by atoms with Gasteiger partial charge in [-0.1, -0.05) is 12.1 Å². The van der Waals surface area contributed by atoms with E-state index in [4.69, 9.17) is 0 Å². The summed E-state index contributed by atoms with van der Waals surface area (Å²) in [7, 11) is 0. The summed E-state index contributed by atoms with van der Waals surface area (Å²) < 4.78 is 0.363. The quantitative estimate of drug-likeness (QED) is 0.896. The van der Waals surface area contributed by atoms with E-state index in [9.17, 15) is 9.90 Å². The molecule has 2 heterocycles. The first-order valence-corrected chi connectivity index (χ1v) is 8.14. The Labute approximate surface area is 130 Å². The Balaban J connectivity index is 1.71. The van der Waals surface area contributed by atoms with E-state index in [1.54, 1.807) is 41.7 Å². The SMILES string of the molecule is O=C(Nc1ncccc1O)c1ccc(C2SC=CS2)cc1. The second kappa shape index (κ2) is 6.24. The van der Waals surface area contributed by atoms with Crippen LogP contribution in [-0.4, -0.2) is 16.0 Å². The normalized spacial score (nSPS) is 14.3. The fourth-order valence-corrected chi connectivity index (χ4v) is 3.93. The second-order valence-corrected chi connectivity index (χ2v) is 6.65. The van der Waals surface area contributed by atoms with Gasteiger partial charge in [0, 0.05) is 11.8 Å². The van der Waals surface area contributed by atoms with E-state index in [2.05, 4.69) is 21.1 Å². The van der Waals surface area contributed by atoms with Crippen LogP contribution in [0.25, 0.3) is 0 Å². The van der Waals surface area contributed by atoms with E-state index in [1.807, 2.05) is 12.1 Å². The van der Waals surface area contributed by atoms with Gasteiger partial charge in [0.2, 0.25) is 0 Å². The van der Waals surface area contributed by atoms with Gasteiger partial charge in [0.1, 0.15) is 0 Å². The van der Waals surface area contributed by atoms with Crippen LogP contribution in [-0.2, 0) is 0 Å². The van der Waals surface area contributed by atoms with Crippen molar-refractivity contribution in [2.75, 3.05) is 5.32 Å². The third kappa shape index (κ3) is 3.22. The molecule has 0 saturated heterocycles. The van der Waals surface area contributed by atoms with Crippen LogP contribution in [0, 0.1) is 0 Å². The van der Waals surface area contributed by atoms with Gasteiger partial charge in [-0.3, -0.25) is 4.79 Å². The lowest BCUT2D eigenvalue weighted by atomic mass is 10.1. The molecule has 0 atom stereocenters. The van der Waals surface area contributed by atoms with Gasteiger partial charge in [0.25, 0.3) is 5.91 Å². The highest BCUT2D eigenvalue weighted by Gasteiger charge is 2.15. The number of thioether (sulfide) groups is 2. The Kier molecular flexibility index (Phi) is 4.17. The average molecular weight is 316 g/mol. The number of aromatic nitrogens is 1. The summed E-state index contributed by atoms with van der Waals surface area (Å²) in [6.45, 7) is 0. The number of aromatic hydroxyl groups is 1. The highest BCUT2D eigenvalue weighted by molar-refractivity contribution is 8.21. The van der Waals surface area contributed by atoms with E-state index in [0.717, 1.165) is 0 Å². The predicted octanol–water partition coefficient (Wildman–Crippen LogP) is 3.99. The number of nitrogens with zero attached hydrogens (tertiary/aromatic N) is 1. The molecule has 2 aromatic rings. The maximum atomic E-state index is 12.1. The lowest BCUT2D eigenvalue weighted by Crippen LogP contribution is -2.13. The van der Waals surface area contributed by atoms with Crippen molar-refractivity contribution in [1.82, 2.24) is 4.98 Å². The molecule has 1 aliphatic heterocycles. The molecule has 0 saturated carbocycles. The topological polar surface area (TPSA) is 62.2 Å². The number of rotatable bonds is 3. The first kappa shape index (κ1) is 14.0. The van der Waals surface area contributed by atoms with Crippen molar-refractivity contribution in [2.24, 2.45) is 0 Å². The van der Waals surface area contributed by atoms with Crippen LogP contribution >= 0.6 is 23.5 Å². The Morgan fingerprint density at radius 3 is 2.52 bits per heavy atom. The molecule has 106 valence electrons. The van der Waals surface area contributed by atoms with Crippen molar-refractivity contribution in [1.29, 1.82) is 0 Å². The lowest BCUT2D eigenvalue weighted by molar-refractivity contribution is 0.102. The third-order valence-electron chi connectivity index (χ3n) is 2.92. The van der Waals surface area contributed by atoms with Gasteiger partial charge in [0.05, 0.1) is 4.58 Å². The van der Waals surface area contributed by atoms with Gasteiger partial charge < -0.3 is 10.4 Å². The first-order chi connectivity index (χ1) is 10.2. The van der Waals surface area contributed by atoms with E-state index in [0.29, 0.717) is 10.1 Å². The monoisotopic (exact) mass is 316 g/mol. The van der Waals surface area contributed by atoms with Crippen molar-refractivity contribution in [3.8, 4) is 5.75 Å². The fourth-order valence-electron chi connectivity index (χ4n) is 1.86. The van der Waals surface area contributed by atoms with Gasteiger partial charge in [0.15, 0.2) is 11.6 Å². The zero-order valence-corrected chi connectivity index (χ0v) is 12.5. The highest BCUT2D eigenvalue weighted by Crippen LogP contribution is 2.46. The molecule has 21 heavy (non-hydrogen) atoms. The Bertz CT molecular complexity index is 678. The van der Waals surface area contributed by atoms with Crippen molar-refractivity contribution in [3.63, 3.8) is 0 Å². The molecule has 1 aromatic carbocycles. The van der Waals surface area contributed by atoms with E-state index in [-0.39, 0.29) is 17.5 Å². The largest absolute Gasteiger partial charge is 0.504 e. The summed E-state index contributed by atoms with van der Waals surface area (Å²) in [4.78, 5) is 16.0. The van der Waals surface area contributed by atoms with Crippen LogP contribution in [0.4, 0.5) is 5.82 Å². The van der Waals surface area contributed by atoms with Crippen LogP contribution in [0.1, 0.15) is 20.5 Å². The molecule has 0 fully saturated rings. The van der Waals surface area contributed by atoms with Gasteiger partial charge in [-0.15, -0.1) is 23.5 Å². The number of hydrogen-bond donors (Lipinski definition) is 2. The highest BCUT2D eigenvalue weighted by atomic mass is 32.2. The minimum absolute atomic E-state index is 0.0488. The van der Waals surface area contributed by atoms with Gasteiger partial charge in [-0.2, -0.15) is 0 Å². The van der Waals surface area contributed by atoms with Gasteiger partial charge >= 0.3 is 0 Å². The van der Waals surface area contributed by atoms with Crippen LogP contribution in [0.3, 0.4) is 0 Å². The Morgan fingerprint density at radius 2 is 1.86 bits per heavy atom. The van der Waals surface area contributed by atoms with Gasteiger partial charge in [-0.05, 0) is 40.6 Å². The Hall–Kier alpha value is -1.92. The number of carbonyl (C=O) groups is 1. The van der Waals surface area contributed by atoms with E-state index in [1.165, 1.54) is 17.8 Å². The predicted molar refractivity (Wildman–Crippen MR) is 87.4 cm³/mol. The summed E-state index contributed by atoms with van der Waals surface area (Å²) in [5.74, 6) is -0.176. The lowest BCUT2D eigenvalue weighted by Gasteiger charge is -2.09. The summed E-state index contributed by atoms with van der Waals surface area (Å²) in [5.41, 5.74) is 1.71. The van der Waals surface area contributed by atoms with Crippen molar-refractivity contribution in [2.45, 2.75) is 4.58 Å². The van der Waals surface area contributed by atoms with Gasteiger partial charge in [-0.25, -0.2) is 4.98 Å². The maximum Gasteiger partial charge on any atom is 0.256 e. The molecular formula is C15H12N2O2S2. The molecular weight excluding hydrogens is 304 g/mol. The number of anilines is 1. The van der Waals surface area contributed by atoms with Crippen LogP contribution in [0.5, 0.6) is 5.75 Å². The van der Waals surface area contributed by atoms with Crippen molar-refractivity contribution >= 4 is 35.2 Å².